The lowest BCUT2D eigenvalue weighted by atomic mass is 10.1. The Morgan fingerprint density at radius 2 is 1.52 bits per heavy atom. The molecule has 0 unspecified atom stereocenters. The predicted molar refractivity (Wildman–Crippen MR) is 79.7 cm³/mol. The van der Waals surface area contributed by atoms with Gasteiger partial charge in [-0.1, -0.05) is 18.2 Å². The van der Waals surface area contributed by atoms with Gasteiger partial charge in [-0.3, -0.25) is 15.1 Å². The first-order chi connectivity index (χ1) is 10.3. The zero-order chi connectivity index (χ0) is 14.5. The van der Waals surface area contributed by atoms with E-state index in [4.69, 9.17) is 0 Å². The van der Waals surface area contributed by atoms with Crippen LogP contribution >= 0.6 is 0 Å². The first-order valence-electron chi connectivity index (χ1n) is 6.42. The van der Waals surface area contributed by atoms with Crippen LogP contribution in [0.4, 0.5) is 5.95 Å². The fourth-order valence-corrected chi connectivity index (χ4v) is 1.85. The molecular weight excluding hydrogens is 264 g/mol. The van der Waals surface area contributed by atoms with Crippen molar-refractivity contribution in [1.82, 2.24) is 15.0 Å². The van der Waals surface area contributed by atoms with Gasteiger partial charge in [0.25, 0.3) is 5.91 Å². The lowest BCUT2D eigenvalue weighted by Crippen LogP contribution is -2.13. The Labute approximate surface area is 121 Å². The maximum atomic E-state index is 12.0. The number of rotatable bonds is 3. The molecule has 2 heterocycles. The van der Waals surface area contributed by atoms with Crippen LogP contribution in [0.5, 0.6) is 0 Å². The van der Waals surface area contributed by atoms with Gasteiger partial charge in [0.1, 0.15) is 0 Å². The molecule has 1 amide bonds. The van der Waals surface area contributed by atoms with Gasteiger partial charge < -0.3 is 0 Å². The first kappa shape index (κ1) is 12.9. The maximum absolute atomic E-state index is 12.0. The van der Waals surface area contributed by atoms with Crippen LogP contribution in [-0.2, 0) is 0 Å². The minimum absolute atomic E-state index is 0.229. The molecule has 0 bridgehead atoms. The molecule has 0 aliphatic rings. The van der Waals surface area contributed by atoms with Crippen molar-refractivity contribution >= 4 is 11.9 Å². The minimum atomic E-state index is -0.229. The molecule has 1 N–H and O–H groups in total. The van der Waals surface area contributed by atoms with E-state index in [1.807, 2.05) is 30.3 Å². The molecular formula is C16H12N4O. The summed E-state index contributed by atoms with van der Waals surface area (Å²) in [5.41, 5.74) is 2.42. The van der Waals surface area contributed by atoms with E-state index in [9.17, 15) is 4.79 Å². The molecule has 0 aliphatic heterocycles. The van der Waals surface area contributed by atoms with Crippen LogP contribution in [0, 0.1) is 0 Å². The van der Waals surface area contributed by atoms with Gasteiger partial charge >= 0.3 is 0 Å². The van der Waals surface area contributed by atoms with Crippen LogP contribution in [0.1, 0.15) is 10.4 Å². The van der Waals surface area contributed by atoms with Crippen molar-refractivity contribution in [2.75, 3.05) is 5.32 Å². The third kappa shape index (κ3) is 3.09. The van der Waals surface area contributed by atoms with Crippen molar-refractivity contribution in [2.45, 2.75) is 0 Å². The summed E-state index contributed by atoms with van der Waals surface area (Å²) in [6.07, 6.45) is 6.76. The van der Waals surface area contributed by atoms with Crippen LogP contribution in [0.25, 0.3) is 11.1 Å². The monoisotopic (exact) mass is 276 g/mol. The normalized spacial score (nSPS) is 10.1. The van der Waals surface area contributed by atoms with Crippen LogP contribution in [0.3, 0.4) is 0 Å². The van der Waals surface area contributed by atoms with Crippen LogP contribution in [0.15, 0.2) is 67.3 Å². The highest BCUT2D eigenvalue weighted by Crippen LogP contribution is 2.16. The molecule has 0 saturated carbocycles. The van der Waals surface area contributed by atoms with E-state index < -0.39 is 0 Å². The number of anilines is 1. The number of aromatic nitrogens is 3. The molecule has 5 heteroatoms. The highest BCUT2D eigenvalue weighted by atomic mass is 16.1. The van der Waals surface area contributed by atoms with Gasteiger partial charge in [-0.25, -0.2) is 9.97 Å². The molecule has 3 rings (SSSR count). The van der Waals surface area contributed by atoms with E-state index in [-0.39, 0.29) is 11.9 Å². The molecule has 21 heavy (non-hydrogen) atoms. The molecule has 2 aromatic heterocycles. The highest BCUT2D eigenvalue weighted by Gasteiger charge is 2.07. The number of nitrogens with one attached hydrogen (secondary N) is 1. The molecule has 0 aliphatic carbocycles. The quantitative estimate of drug-likeness (QED) is 0.798. The largest absolute Gasteiger partial charge is 0.290 e. The summed E-state index contributed by atoms with van der Waals surface area (Å²) in [7, 11) is 0. The average Bonchev–Trinajstić information content (AvgIpc) is 2.57. The summed E-state index contributed by atoms with van der Waals surface area (Å²) in [4.78, 5) is 24.2. The third-order valence-corrected chi connectivity index (χ3v) is 2.93. The average molecular weight is 276 g/mol. The standard InChI is InChI=1S/C16H12N4O/c21-15(13-4-2-1-3-5-13)20-16-18-10-14(11-19-16)12-6-8-17-9-7-12/h1-11H,(H,18,19,20,21). The number of hydrogen-bond acceptors (Lipinski definition) is 4. The van der Waals surface area contributed by atoms with Gasteiger partial charge in [0, 0.05) is 35.9 Å². The van der Waals surface area contributed by atoms with Crippen molar-refractivity contribution in [3.63, 3.8) is 0 Å². The number of benzene rings is 1. The fraction of sp³-hybridized carbons (Fsp3) is 0. The zero-order valence-corrected chi connectivity index (χ0v) is 11.1. The topological polar surface area (TPSA) is 67.8 Å². The molecule has 3 aromatic rings. The van der Waals surface area contributed by atoms with Crippen LogP contribution < -0.4 is 5.32 Å². The first-order valence-corrected chi connectivity index (χ1v) is 6.42. The van der Waals surface area contributed by atoms with Gasteiger partial charge in [-0.15, -0.1) is 0 Å². The van der Waals surface area contributed by atoms with Crippen molar-refractivity contribution in [3.05, 3.63) is 72.8 Å². The third-order valence-electron chi connectivity index (χ3n) is 2.93. The number of carbonyl (C=O) groups is 1. The zero-order valence-electron chi connectivity index (χ0n) is 11.1. The predicted octanol–water partition coefficient (Wildman–Crippen LogP) is 2.79. The van der Waals surface area contributed by atoms with Crippen molar-refractivity contribution in [1.29, 1.82) is 0 Å². The molecule has 0 spiro atoms. The summed E-state index contributed by atoms with van der Waals surface area (Å²) < 4.78 is 0. The van der Waals surface area contributed by atoms with Crippen LogP contribution in [0.2, 0.25) is 0 Å². The molecule has 0 fully saturated rings. The van der Waals surface area contributed by atoms with E-state index >= 15 is 0 Å². The number of amides is 1. The van der Waals surface area contributed by atoms with Crippen LogP contribution in [-0.4, -0.2) is 20.9 Å². The second-order valence-corrected chi connectivity index (χ2v) is 4.35. The Kier molecular flexibility index (Phi) is 3.64. The smallest absolute Gasteiger partial charge is 0.258 e. The van der Waals surface area contributed by atoms with Gasteiger partial charge in [0.15, 0.2) is 0 Å². The maximum Gasteiger partial charge on any atom is 0.258 e. The second kappa shape index (κ2) is 5.92. The van der Waals surface area contributed by atoms with Crippen molar-refractivity contribution in [2.24, 2.45) is 0 Å². The Balaban J connectivity index is 1.75. The minimum Gasteiger partial charge on any atom is -0.290 e. The SMILES string of the molecule is O=C(Nc1ncc(-c2ccncc2)cn1)c1ccccc1. The van der Waals surface area contributed by atoms with Gasteiger partial charge in [0.2, 0.25) is 5.95 Å². The lowest BCUT2D eigenvalue weighted by Gasteiger charge is -2.04. The fourth-order valence-electron chi connectivity index (χ4n) is 1.85. The van der Waals surface area contributed by atoms with Gasteiger partial charge in [-0.05, 0) is 29.8 Å². The van der Waals surface area contributed by atoms with E-state index in [1.54, 1.807) is 36.9 Å². The van der Waals surface area contributed by atoms with E-state index in [0.717, 1.165) is 11.1 Å². The summed E-state index contributed by atoms with van der Waals surface area (Å²) in [5.74, 6) is 0.0499. The molecule has 0 saturated heterocycles. The number of nitrogens with zero attached hydrogens (tertiary/aromatic N) is 3. The van der Waals surface area contributed by atoms with Gasteiger partial charge in [0.05, 0.1) is 0 Å². The summed E-state index contributed by atoms with van der Waals surface area (Å²) in [5, 5.41) is 2.66. The van der Waals surface area contributed by atoms with Crippen molar-refractivity contribution < 1.29 is 4.79 Å². The van der Waals surface area contributed by atoms with Crippen molar-refractivity contribution in [3.8, 4) is 11.1 Å². The number of pyridine rings is 1. The summed E-state index contributed by atoms with van der Waals surface area (Å²) in [6.45, 7) is 0. The molecule has 0 atom stereocenters. The number of carbonyl (C=O) groups excluding carboxylic acids is 1. The molecule has 5 nitrogen and oxygen atoms in total. The lowest BCUT2D eigenvalue weighted by molar-refractivity contribution is 0.102. The summed E-state index contributed by atoms with van der Waals surface area (Å²) >= 11 is 0. The number of hydrogen-bond donors (Lipinski definition) is 1. The van der Waals surface area contributed by atoms with E-state index in [1.165, 1.54) is 0 Å². The van der Waals surface area contributed by atoms with E-state index in [0.29, 0.717) is 5.56 Å². The van der Waals surface area contributed by atoms with E-state index in [2.05, 4.69) is 20.3 Å². The molecule has 0 radical (unpaired) electrons. The highest BCUT2D eigenvalue weighted by molar-refractivity contribution is 6.03. The van der Waals surface area contributed by atoms with Gasteiger partial charge in [-0.2, -0.15) is 0 Å². The Morgan fingerprint density at radius 3 is 2.19 bits per heavy atom. The molecule has 102 valence electrons. The summed E-state index contributed by atoms with van der Waals surface area (Å²) in [6, 6.07) is 12.7. The Hall–Kier alpha value is -3.08. The second-order valence-electron chi connectivity index (χ2n) is 4.35. The Bertz CT molecular complexity index is 727. The Morgan fingerprint density at radius 1 is 0.857 bits per heavy atom. The molecule has 1 aromatic carbocycles.